The Labute approximate surface area is 485 Å². The molecule has 0 bridgehead atoms. The molecular formula is C72H95BrClI. The van der Waals surface area contributed by atoms with E-state index in [-0.39, 0.29) is 0 Å². The third-order valence-electron chi connectivity index (χ3n) is 15.9. The summed E-state index contributed by atoms with van der Waals surface area (Å²) in [4.78, 5) is 0. The van der Waals surface area contributed by atoms with E-state index < -0.39 is 0 Å². The average molecular weight is 1200 g/mol. The molecule has 0 fully saturated rings. The van der Waals surface area contributed by atoms with Gasteiger partial charge in [0, 0.05) is 13.1 Å². The Bertz CT molecular complexity index is 2620. The fourth-order valence-corrected chi connectivity index (χ4v) is 13.1. The van der Waals surface area contributed by atoms with Gasteiger partial charge in [-0.05, 0) is 231 Å². The maximum Gasteiger partial charge on any atom is 0.0423 e. The monoisotopic (exact) mass is 1200 g/mol. The Morgan fingerprint density at radius 1 is 0.307 bits per heavy atom. The van der Waals surface area contributed by atoms with E-state index >= 15 is 0 Å². The maximum absolute atomic E-state index is 6.78. The van der Waals surface area contributed by atoms with Crippen LogP contribution >= 0.6 is 50.1 Å². The van der Waals surface area contributed by atoms with E-state index in [1.54, 1.807) is 0 Å². The van der Waals surface area contributed by atoms with E-state index in [1.165, 1.54) is 253 Å². The van der Waals surface area contributed by atoms with Crippen LogP contribution in [0.4, 0.5) is 0 Å². The second kappa shape index (κ2) is 34.0. The van der Waals surface area contributed by atoms with Crippen LogP contribution in [0.25, 0.3) is 55.6 Å². The zero-order valence-electron chi connectivity index (χ0n) is 47.7. The highest BCUT2D eigenvalue weighted by Crippen LogP contribution is 2.41. The summed E-state index contributed by atoms with van der Waals surface area (Å²) in [6.07, 6.45) is 37.0. The zero-order valence-corrected chi connectivity index (χ0v) is 52.2. The van der Waals surface area contributed by atoms with Gasteiger partial charge in [-0.1, -0.05) is 245 Å². The molecule has 0 atom stereocenters. The average Bonchev–Trinajstić information content (AvgIpc) is 3.42. The molecule has 0 heterocycles. The molecular weight excluding hydrogens is 1110 g/mol. The molecule has 0 unspecified atom stereocenters. The minimum absolute atomic E-state index is 0.780. The van der Waals surface area contributed by atoms with Gasteiger partial charge in [0.05, 0.1) is 0 Å². The van der Waals surface area contributed by atoms with Crippen LogP contribution in [-0.2, 0) is 38.5 Å². The Morgan fingerprint density at radius 2 is 0.587 bits per heavy atom. The standard InChI is InChI=1S/C72H95BrClI/c1-7-13-19-25-33-58-48-68(56-41-32-42-57(44-56)70-51-63(38-30-24-18-12-6)72(75)52-62(70)37-29-23-17-11-5)59(34-26-20-14-8-2)47-67(58)54-39-31-40-55(43-54)69-49-61(36-28-22-16-10-4)71(50-60(69)35-27-21-15-9-3)64-45-65(73)53-66(74)46-64/h31-32,39-53H,7-30,33-38H2,1-6H3. The van der Waals surface area contributed by atoms with E-state index in [0.29, 0.717) is 0 Å². The summed E-state index contributed by atoms with van der Waals surface area (Å²) in [5.41, 5.74) is 22.7. The molecule has 0 saturated carbocycles. The summed E-state index contributed by atoms with van der Waals surface area (Å²) in [5.74, 6) is 0. The van der Waals surface area contributed by atoms with E-state index in [0.717, 1.165) is 41.6 Å². The Kier molecular flexibility index (Phi) is 27.6. The lowest BCUT2D eigenvalue weighted by Gasteiger charge is -2.21. The molecule has 0 radical (unpaired) electrons. The van der Waals surface area contributed by atoms with Crippen LogP contribution in [0.3, 0.4) is 0 Å². The molecule has 0 aliphatic heterocycles. The van der Waals surface area contributed by atoms with Crippen molar-refractivity contribution in [3.05, 3.63) is 150 Å². The first kappa shape index (κ1) is 61.0. The third-order valence-corrected chi connectivity index (χ3v) is 17.6. The van der Waals surface area contributed by atoms with Crippen LogP contribution in [-0.4, -0.2) is 0 Å². The maximum atomic E-state index is 6.78. The highest BCUT2D eigenvalue weighted by atomic mass is 127. The van der Waals surface area contributed by atoms with Crippen LogP contribution in [0.15, 0.2) is 108 Å². The highest BCUT2D eigenvalue weighted by molar-refractivity contribution is 14.1. The molecule has 3 heteroatoms. The largest absolute Gasteiger partial charge is 0.0843 e. The van der Waals surface area contributed by atoms with Gasteiger partial charge in [0.25, 0.3) is 0 Å². The van der Waals surface area contributed by atoms with E-state index in [1.807, 2.05) is 6.07 Å². The van der Waals surface area contributed by atoms with Crippen LogP contribution in [0.1, 0.15) is 229 Å². The first-order valence-electron chi connectivity index (χ1n) is 30.5. The van der Waals surface area contributed by atoms with Crippen molar-refractivity contribution in [2.75, 3.05) is 0 Å². The molecule has 75 heavy (non-hydrogen) atoms. The molecule has 0 nitrogen and oxygen atoms in total. The lowest BCUT2D eigenvalue weighted by atomic mass is 9.84. The molecule has 6 rings (SSSR count). The topological polar surface area (TPSA) is 0 Å². The van der Waals surface area contributed by atoms with Gasteiger partial charge < -0.3 is 0 Å². The fraction of sp³-hybridized carbons (Fsp3) is 0.500. The molecule has 0 saturated heterocycles. The van der Waals surface area contributed by atoms with Crippen molar-refractivity contribution in [3.63, 3.8) is 0 Å². The van der Waals surface area contributed by atoms with E-state index in [2.05, 4.69) is 177 Å². The minimum Gasteiger partial charge on any atom is -0.0843 e. The van der Waals surface area contributed by atoms with Gasteiger partial charge in [0.15, 0.2) is 0 Å². The van der Waals surface area contributed by atoms with Crippen molar-refractivity contribution in [2.24, 2.45) is 0 Å². The number of benzene rings is 6. The zero-order chi connectivity index (χ0) is 53.2. The van der Waals surface area contributed by atoms with Gasteiger partial charge in [-0.3, -0.25) is 0 Å². The Morgan fingerprint density at radius 3 is 0.893 bits per heavy atom. The summed E-state index contributed by atoms with van der Waals surface area (Å²) < 4.78 is 2.48. The lowest BCUT2D eigenvalue weighted by molar-refractivity contribution is 0.663. The van der Waals surface area contributed by atoms with Gasteiger partial charge in [0.1, 0.15) is 0 Å². The number of unbranched alkanes of at least 4 members (excludes halogenated alkanes) is 18. The molecule has 0 N–H and O–H groups in total. The van der Waals surface area contributed by atoms with Crippen molar-refractivity contribution in [1.29, 1.82) is 0 Å². The highest BCUT2D eigenvalue weighted by Gasteiger charge is 2.19. The van der Waals surface area contributed by atoms with Gasteiger partial charge in [0.2, 0.25) is 0 Å². The Hall–Kier alpha value is -3.18. The van der Waals surface area contributed by atoms with Crippen molar-refractivity contribution in [3.8, 4) is 55.6 Å². The Balaban J connectivity index is 1.50. The lowest BCUT2D eigenvalue weighted by Crippen LogP contribution is -2.01. The molecule has 0 aromatic heterocycles. The third kappa shape index (κ3) is 19.0. The molecule has 404 valence electrons. The minimum atomic E-state index is 0.780. The van der Waals surface area contributed by atoms with Crippen LogP contribution < -0.4 is 0 Å². The summed E-state index contributed by atoms with van der Waals surface area (Å²) in [6.45, 7) is 14.0. The number of hydrogen-bond acceptors (Lipinski definition) is 0. The van der Waals surface area contributed by atoms with Crippen molar-refractivity contribution < 1.29 is 0 Å². The molecule has 6 aromatic carbocycles. The molecule has 0 aliphatic rings. The first-order chi connectivity index (χ1) is 36.7. The van der Waals surface area contributed by atoms with Gasteiger partial charge in [-0.2, -0.15) is 0 Å². The molecule has 0 spiro atoms. The fourth-order valence-electron chi connectivity index (χ4n) is 11.5. The van der Waals surface area contributed by atoms with Crippen LogP contribution in [0.2, 0.25) is 5.02 Å². The number of halogens is 3. The van der Waals surface area contributed by atoms with Crippen molar-refractivity contribution in [1.82, 2.24) is 0 Å². The van der Waals surface area contributed by atoms with E-state index in [9.17, 15) is 0 Å². The predicted octanol–water partition coefficient (Wildman–Crippen LogP) is 24.8. The molecule has 0 amide bonds. The summed E-state index contributed by atoms with van der Waals surface area (Å²) in [5, 5.41) is 0.780. The van der Waals surface area contributed by atoms with E-state index in [4.69, 9.17) is 11.6 Å². The van der Waals surface area contributed by atoms with Crippen LogP contribution in [0, 0.1) is 3.57 Å². The van der Waals surface area contributed by atoms with Crippen molar-refractivity contribution in [2.45, 2.75) is 234 Å². The summed E-state index contributed by atoms with van der Waals surface area (Å²) in [6, 6.07) is 41.5. The smallest absolute Gasteiger partial charge is 0.0423 e. The van der Waals surface area contributed by atoms with Gasteiger partial charge in [-0.15, -0.1) is 0 Å². The SMILES string of the molecule is CCCCCCc1cc(-c2cccc(-c3cc(CCCCCC)c(-c4cccc(-c5cc(CCCCCC)c(-c6cc(Cl)cc(Br)c6)cc5CCCCCC)c4)cc3CCCCCC)c2)c(CCCCCC)cc1I. The van der Waals surface area contributed by atoms with Gasteiger partial charge >= 0.3 is 0 Å². The van der Waals surface area contributed by atoms with Crippen molar-refractivity contribution >= 4 is 50.1 Å². The molecule has 0 aliphatic carbocycles. The van der Waals surface area contributed by atoms with Crippen LogP contribution in [0.5, 0.6) is 0 Å². The second-order valence-corrected chi connectivity index (χ2v) is 24.6. The normalized spacial score (nSPS) is 11.5. The quantitative estimate of drug-likeness (QED) is 0.0275. The number of aryl methyl sites for hydroxylation is 6. The number of hydrogen-bond donors (Lipinski definition) is 0. The summed E-state index contributed by atoms with van der Waals surface area (Å²) in [7, 11) is 0. The number of rotatable bonds is 35. The predicted molar refractivity (Wildman–Crippen MR) is 346 cm³/mol. The first-order valence-corrected chi connectivity index (χ1v) is 32.8. The van der Waals surface area contributed by atoms with Gasteiger partial charge in [-0.25, -0.2) is 0 Å². The second-order valence-electron chi connectivity index (χ2n) is 22.1. The summed E-state index contributed by atoms with van der Waals surface area (Å²) >= 11 is 13.2. The molecule has 6 aromatic rings.